The van der Waals surface area contributed by atoms with E-state index in [4.69, 9.17) is 21.0 Å². The summed E-state index contributed by atoms with van der Waals surface area (Å²) in [5.41, 5.74) is 0. The van der Waals surface area contributed by atoms with Crippen molar-refractivity contribution >= 4 is 15.8 Å². The van der Waals surface area contributed by atoms with E-state index in [1.54, 1.807) is 0 Å². The lowest BCUT2D eigenvalue weighted by atomic mass is 10.4. The van der Waals surface area contributed by atoms with Gasteiger partial charge in [0.15, 0.2) is 0 Å². The SMILES string of the molecule is N#CCCP(CCC#N)CCCCP(CCC#N)CCC#N. The first kappa shape index (κ1) is 20.8. The smallest absolute Gasteiger partial charge is 0.0625 e. The van der Waals surface area contributed by atoms with Gasteiger partial charge in [-0.1, -0.05) is 0 Å². The topological polar surface area (TPSA) is 95.2 Å². The molecule has 0 bridgehead atoms. The van der Waals surface area contributed by atoms with E-state index in [2.05, 4.69) is 24.3 Å². The predicted octanol–water partition coefficient (Wildman–Crippen LogP) is 4.39. The van der Waals surface area contributed by atoms with Crippen molar-refractivity contribution in [3.63, 3.8) is 0 Å². The Morgan fingerprint density at radius 2 is 0.727 bits per heavy atom. The highest BCUT2D eigenvalue weighted by Gasteiger charge is 2.10. The first-order valence-electron chi connectivity index (χ1n) is 7.71. The van der Waals surface area contributed by atoms with Crippen LogP contribution in [0.2, 0.25) is 0 Å². The first-order valence-corrected chi connectivity index (χ1v) is 11.5. The lowest BCUT2D eigenvalue weighted by molar-refractivity contribution is 0.888. The maximum atomic E-state index is 8.70. The van der Waals surface area contributed by atoms with Gasteiger partial charge in [-0.3, -0.25) is 0 Å². The van der Waals surface area contributed by atoms with Gasteiger partial charge in [-0.2, -0.15) is 21.0 Å². The van der Waals surface area contributed by atoms with Crippen LogP contribution >= 0.6 is 15.8 Å². The van der Waals surface area contributed by atoms with Gasteiger partial charge in [-0.25, -0.2) is 0 Å². The molecule has 118 valence electrons. The van der Waals surface area contributed by atoms with E-state index >= 15 is 0 Å². The molecule has 22 heavy (non-hydrogen) atoms. The van der Waals surface area contributed by atoms with E-state index in [1.165, 1.54) is 0 Å². The van der Waals surface area contributed by atoms with Gasteiger partial charge in [-0.05, 0) is 49.8 Å². The standard InChI is InChI=1S/C16H24N4P2/c17-7-3-13-21(14-4-8-18)11-1-2-12-22(15-5-9-19)16-6-10-20/h1-6,11-16H2. The Hall–Kier alpha value is -1.18. The second-order valence-corrected chi connectivity index (χ2v) is 10.4. The lowest BCUT2D eigenvalue weighted by Crippen LogP contribution is -1.99. The van der Waals surface area contributed by atoms with Crippen LogP contribution in [0.5, 0.6) is 0 Å². The van der Waals surface area contributed by atoms with E-state index < -0.39 is 0 Å². The number of nitriles is 4. The zero-order chi connectivity index (χ0) is 16.5. The summed E-state index contributed by atoms with van der Waals surface area (Å²) in [6, 6.07) is 8.82. The van der Waals surface area contributed by atoms with Gasteiger partial charge in [0.05, 0.1) is 24.3 Å². The fourth-order valence-electron chi connectivity index (χ4n) is 2.17. The average molecular weight is 334 g/mol. The lowest BCUT2D eigenvalue weighted by Gasteiger charge is -2.17. The summed E-state index contributed by atoms with van der Waals surface area (Å²) in [7, 11) is -0.335. The van der Waals surface area contributed by atoms with Crippen LogP contribution in [0.1, 0.15) is 38.5 Å². The molecule has 0 atom stereocenters. The molecule has 0 N–H and O–H groups in total. The summed E-state index contributed by atoms with van der Waals surface area (Å²) in [6.07, 6.45) is 10.9. The second kappa shape index (κ2) is 16.2. The quantitative estimate of drug-likeness (QED) is 0.369. The number of nitrogens with zero attached hydrogens (tertiary/aromatic N) is 4. The summed E-state index contributed by atoms with van der Waals surface area (Å²) in [4.78, 5) is 0. The van der Waals surface area contributed by atoms with Crippen molar-refractivity contribution in [3.05, 3.63) is 0 Å². The van der Waals surface area contributed by atoms with Crippen molar-refractivity contribution in [2.45, 2.75) is 38.5 Å². The third-order valence-electron chi connectivity index (χ3n) is 3.36. The Balaban J connectivity index is 4.00. The van der Waals surface area contributed by atoms with E-state index in [9.17, 15) is 0 Å². The molecule has 0 heterocycles. The van der Waals surface area contributed by atoms with Gasteiger partial charge in [0, 0.05) is 25.7 Å². The van der Waals surface area contributed by atoms with Gasteiger partial charge in [-0.15, -0.1) is 15.8 Å². The second-order valence-electron chi connectivity index (χ2n) is 5.02. The van der Waals surface area contributed by atoms with Crippen LogP contribution in [0, 0.1) is 45.3 Å². The van der Waals surface area contributed by atoms with Crippen LogP contribution in [0.3, 0.4) is 0 Å². The minimum Gasteiger partial charge on any atom is -0.198 e. The van der Waals surface area contributed by atoms with E-state index in [-0.39, 0.29) is 15.8 Å². The zero-order valence-corrected chi connectivity index (χ0v) is 15.0. The molecule has 0 unspecified atom stereocenters. The van der Waals surface area contributed by atoms with Gasteiger partial charge in [0.25, 0.3) is 0 Å². The third-order valence-corrected chi connectivity index (χ3v) is 8.68. The largest absolute Gasteiger partial charge is 0.198 e. The molecule has 0 aliphatic rings. The van der Waals surface area contributed by atoms with Crippen LogP contribution < -0.4 is 0 Å². The molecule has 0 saturated heterocycles. The molecule has 0 aromatic carbocycles. The highest BCUT2D eigenvalue weighted by Crippen LogP contribution is 2.41. The molecule has 0 fully saturated rings. The Labute approximate surface area is 137 Å². The Morgan fingerprint density at radius 1 is 0.455 bits per heavy atom. The maximum Gasteiger partial charge on any atom is 0.0625 e. The Kier molecular flexibility index (Phi) is 15.3. The minimum atomic E-state index is -0.168. The molecule has 0 amide bonds. The van der Waals surface area contributed by atoms with Crippen molar-refractivity contribution in [1.29, 1.82) is 21.0 Å². The van der Waals surface area contributed by atoms with Crippen molar-refractivity contribution in [3.8, 4) is 24.3 Å². The predicted molar refractivity (Wildman–Crippen MR) is 93.2 cm³/mol. The van der Waals surface area contributed by atoms with Crippen LogP contribution in [-0.4, -0.2) is 37.0 Å². The van der Waals surface area contributed by atoms with Crippen molar-refractivity contribution in [2.75, 3.05) is 37.0 Å². The molecule has 0 spiro atoms. The summed E-state index contributed by atoms with van der Waals surface area (Å²) >= 11 is 0. The van der Waals surface area contributed by atoms with Crippen LogP contribution in [0.25, 0.3) is 0 Å². The summed E-state index contributed by atoms with van der Waals surface area (Å²) in [5.74, 6) is 0. The van der Waals surface area contributed by atoms with Crippen molar-refractivity contribution < 1.29 is 0 Å². The number of rotatable bonds is 13. The zero-order valence-electron chi connectivity index (χ0n) is 13.2. The third kappa shape index (κ3) is 12.6. The molecule has 0 aliphatic heterocycles. The highest BCUT2D eigenvalue weighted by atomic mass is 31.1. The highest BCUT2D eigenvalue weighted by molar-refractivity contribution is 7.58. The van der Waals surface area contributed by atoms with Crippen LogP contribution in [0.4, 0.5) is 0 Å². The van der Waals surface area contributed by atoms with E-state index in [0.717, 1.165) is 49.8 Å². The molecule has 0 radical (unpaired) electrons. The fraction of sp³-hybridized carbons (Fsp3) is 0.750. The summed E-state index contributed by atoms with van der Waals surface area (Å²) < 4.78 is 0. The number of hydrogen-bond acceptors (Lipinski definition) is 4. The molecular weight excluding hydrogens is 310 g/mol. The van der Waals surface area contributed by atoms with Gasteiger partial charge in [0.2, 0.25) is 0 Å². The Bertz CT molecular complexity index is 361. The molecule has 0 saturated carbocycles. The minimum absolute atomic E-state index is 0.168. The number of unbranched alkanes of at least 4 members (excludes halogenated alkanes) is 1. The average Bonchev–Trinajstić information content (AvgIpc) is 2.54. The Morgan fingerprint density at radius 3 is 0.955 bits per heavy atom. The van der Waals surface area contributed by atoms with Crippen LogP contribution in [-0.2, 0) is 0 Å². The van der Waals surface area contributed by atoms with E-state index in [1.807, 2.05) is 0 Å². The monoisotopic (exact) mass is 334 g/mol. The molecule has 4 nitrogen and oxygen atoms in total. The normalized spacial score (nSPS) is 9.91. The van der Waals surface area contributed by atoms with E-state index in [0.29, 0.717) is 25.7 Å². The van der Waals surface area contributed by atoms with Gasteiger partial charge < -0.3 is 0 Å². The number of hydrogen-bond donors (Lipinski definition) is 0. The van der Waals surface area contributed by atoms with Gasteiger partial charge >= 0.3 is 0 Å². The van der Waals surface area contributed by atoms with Gasteiger partial charge in [0.1, 0.15) is 0 Å². The molecule has 6 heteroatoms. The first-order chi connectivity index (χ1) is 10.8. The molecule has 0 aliphatic carbocycles. The fourth-order valence-corrected chi connectivity index (χ4v) is 6.52. The molecule has 0 aromatic rings. The summed E-state index contributed by atoms with van der Waals surface area (Å²) in [5, 5.41) is 34.8. The molecular formula is C16H24N4P2. The van der Waals surface area contributed by atoms with Crippen molar-refractivity contribution in [2.24, 2.45) is 0 Å². The summed E-state index contributed by atoms with van der Waals surface area (Å²) in [6.45, 7) is 0. The van der Waals surface area contributed by atoms with Crippen LogP contribution in [0.15, 0.2) is 0 Å². The van der Waals surface area contributed by atoms with Crippen molar-refractivity contribution in [1.82, 2.24) is 0 Å². The molecule has 0 rings (SSSR count). The molecule has 0 aromatic heterocycles. The maximum absolute atomic E-state index is 8.70.